The second-order valence-corrected chi connectivity index (χ2v) is 9.73. The highest BCUT2D eigenvalue weighted by Gasteiger charge is 2.50. The Bertz CT molecular complexity index is 774. The van der Waals surface area contributed by atoms with Crippen LogP contribution < -0.4 is 4.74 Å². The molecular weight excluding hydrogens is 383 g/mol. The summed E-state index contributed by atoms with van der Waals surface area (Å²) in [6.07, 6.45) is 4.29. The second-order valence-electron chi connectivity index (χ2n) is 9.73. The van der Waals surface area contributed by atoms with E-state index in [1.165, 1.54) is 6.07 Å². The van der Waals surface area contributed by atoms with Crippen molar-refractivity contribution in [2.45, 2.75) is 38.6 Å². The van der Waals surface area contributed by atoms with E-state index >= 15 is 0 Å². The third kappa shape index (κ3) is 3.84. The molecule has 1 aromatic rings. The van der Waals surface area contributed by atoms with Gasteiger partial charge >= 0.3 is 0 Å². The van der Waals surface area contributed by atoms with E-state index in [-0.39, 0.29) is 29.6 Å². The number of benzene rings is 1. The first-order valence-electron chi connectivity index (χ1n) is 11.6. The van der Waals surface area contributed by atoms with Gasteiger partial charge in [0.25, 0.3) is 0 Å². The molecule has 6 heteroatoms. The first kappa shape index (κ1) is 20.3. The highest BCUT2D eigenvalue weighted by molar-refractivity contribution is 5.80. The van der Waals surface area contributed by atoms with Crippen molar-refractivity contribution < 1.29 is 18.7 Å². The monoisotopic (exact) mass is 416 g/mol. The molecule has 4 heterocycles. The number of halogens is 1. The minimum absolute atomic E-state index is 0.0601. The number of carbonyl (C=O) groups is 1. The summed E-state index contributed by atoms with van der Waals surface area (Å²) < 4.78 is 25.7. The lowest BCUT2D eigenvalue weighted by Crippen LogP contribution is -2.44. The molecule has 4 aliphatic rings. The van der Waals surface area contributed by atoms with Crippen molar-refractivity contribution in [2.24, 2.45) is 23.7 Å². The van der Waals surface area contributed by atoms with Crippen LogP contribution in [0.5, 0.6) is 5.75 Å². The quantitative estimate of drug-likeness (QED) is 0.757. The van der Waals surface area contributed by atoms with Crippen molar-refractivity contribution in [1.29, 1.82) is 0 Å². The number of likely N-dealkylation sites (tertiary alicyclic amines) is 2. The Hall–Kier alpha value is -1.66. The van der Waals surface area contributed by atoms with Crippen LogP contribution in [0.4, 0.5) is 4.39 Å². The molecule has 1 aromatic carbocycles. The van der Waals surface area contributed by atoms with Crippen LogP contribution in [0, 0.1) is 29.5 Å². The maximum absolute atomic E-state index is 14.2. The Labute approximate surface area is 178 Å². The van der Waals surface area contributed by atoms with Crippen LogP contribution in [0.15, 0.2) is 18.2 Å². The molecule has 0 aromatic heterocycles. The molecule has 3 fully saturated rings. The zero-order valence-electron chi connectivity index (χ0n) is 17.9. The van der Waals surface area contributed by atoms with E-state index in [0.717, 1.165) is 76.4 Å². The number of amides is 1. The minimum atomic E-state index is -0.233. The average molecular weight is 417 g/mol. The summed E-state index contributed by atoms with van der Waals surface area (Å²) in [6, 6.07) is 4.90. The number of nitrogens with zero attached hydrogens (tertiary/aromatic N) is 2. The highest BCUT2D eigenvalue weighted by Crippen LogP contribution is 2.48. The Morgan fingerprint density at radius 3 is 2.70 bits per heavy atom. The first-order chi connectivity index (χ1) is 14.6. The van der Waals surface area contributed by atoms with Crippen LogP contribution in [0.3, 0.4) is 0 Å². The van der Waals surface area contributed by atoms with Crippen molar-refractivity contribution in [2.75, 3.05) is 46.0 Å². The van der Waals surface area contributed by atoms with E-state index < -0.39 is 0 Å². The molecule has 30 heavy (non-hydrogen) atoms. The Kier molecular flexibility index (Phi) is 5.71. The van der Waals surface area contributed by atoms with Crippen molar-refractivity contribution in [1.82, 2.24) is 9.80 Å². The summed E-state index contributed by atoms with van der Waals surface area (Å²) in [5, 5.41) is 0. The summed E-state index contributed by atoms with van der Waals surface area (Å²) in [7, 11) is 0. The minimum Gasteiger partial charge on any atom is -0.493 e. The fraction of sp³-hybridized carbons (Fsp3) is 0.708. The zero-order valence-corrected chi connectivity index (χ0v) is 17.9. The number of piperidine rings is 1. The van der Waals surface area contributed by atoms with Gasteiger partial charge in [0.1, 0.15) is 11.6 Å². The van der Waals surface area contributed by atoms with E-state index in [0.29, 0.717) is 18.4 Å². The standard InChI is InChI=1S/C24H33FN2O3/c1-16-4-8-26(9-5-16)24(28)20-14-27(13-17-6-10-29-11-7-17)23-19-12-18(25)2-3-22(19)30-15-21(20)23/h2-3,12,16-17,20-21,23H,4-11,13-15H2,1H3/t20-,21+,23+/m1/s1. The van der Waals surface area contributed by atoms with Gasteiger partial charge in [0.05, 0.1) is 12.5 Å². The number of hydrogen-bond donors (Lipinski definition) is 0. The largest absolute Gasteiger partial charge is 0.493 e. The first-order valence-corrected chi connectivity index (χ1v) is 11.6. The summed E-state index contributed by atoms with van der Waals surface area (Å²) in [5.74, 6) is 2.10. The van der Waals surface area contributed by atoms with Gasteiger partial charge in [0.15, 0.2) is 0 Å². The van der Waals surface area contributed by atoms with Crippen molar-refractivity contribution in [3.63, 3.8) is 0 Å². The maximum Gasteiger partial charge on any atom is 0.227 e. The number of rotatable bonds is 3. The van der Waals surface area contributed by atoms with E-state index in [1.54, 1.807) is 12.1 Å². The van der Waals surface area contributed by atoms with Crippen LogP contribution >= 0.6 is 0 Å². The topological polar surface area (TPSA) is 42.0 Å². The van der Waals surface area contributed by atoms with E-state index in [2.05, 4.69) is 16.7 Å². The summed E-state index contributed by atoms with van der Waals surface area (Å²) >= 11 is 0. The van der Waals surface area contributed by atoms with Gasteiger partial charge in [0, 0.05) is 56.9 Å². The third-order valence-electron chi connectivity index (χ3n) is 7.71. The summed E-state index contributed by atoms with van der Waals surface area (Å²) in [6.45, 7) is 7.85. The fourth-order valence-electron chi connectivity index (χ4n) is 5.87. The van der Waals surface area contributed by atoms with Crippen LogP contribution in [0.25, 0.3) is 0 Å². The van der Waals surface area contributed by atoms with E-state index in [4.69, 9.17) is 9.47 Å². The molecule has 5 nitrogen and oxygen atoms in total. The molecule has 0 unspecified atom stereocenters. The van der Waals surface area contributed by atoms with E-state index in [1.807, 2.05) is 0 Å². The molecular formula is C24H33FN2O3. The normalized spacial score (nSPS) is 30.6. The van der Waals surface area contributed by atoms with Crippen LogP contribution in [-0.4, -0.2) is 61.7 Å². The maximum atomic E-state index is 14.2. The molecule has 3 saturated heterocycles. The number of hydrogen-bond acceptors (Lipinski definition) is 4. The third-order valence-corrected chi connectivity index (χ3v) is 7.71. The van der Waals surface area contributed by atoms with Gasteiger partial charge in [0.2, 0.25) is 5.91 Å². The molecule has 0 N–H and O–H groups in total. The lowest BCUT2D eigenvalue weighted by atomic mass is 9.84. The summed E-state index contributed by atoms with van der Waals surface area (Å²) in [5.41, 5.74) is 0.917. The van der Waals surface area contributed by atoms with E-state index in [9.17, 15) is 9.18 Å². The SMILES string of the molecule is CC1CCN(C(=O)[C@@H]2CN(CC3CCOCC3)[C@H]3c4cc(F)ccc4OC[C@@H]23)CC1. The molecule has 4 aliphatic heterocycles. The van der Waals surface area contributed by atoms with Crippen LogP contribution in [-0.2, 0) is 9.53 Å². The highest BCUT2D eigenvalue weighted by atomic mass is 19.1. The summed E-state index contributed by atoms with van der Waals surface area (Å²) in [4.78, 5) is 18.1. The van der Waals surface area contributed by atoms with Crippen molar-refractivity contribution in [3.05, 3.63) is 29.6 Å². The molecule has 0 saturated carbocycles. The Morgan fingerprint density at radius 1 is 1.17 bits per heavy atom. The molecule has 0 radical (unpaired) electrons. The molecule has 0 bridgehead atoms. The fourth-order valence-corrected chi connectivity index (χ4v) is 5.87. The lowest BCUT2D eigenvalue weighted by molar-refractivity contribution is -0.138. The predicted octanol–water partition coefficient (Wildman–Crippen LogP) is 3.49. The smallest absolute Gasteiger partial charge is 0.227 e. The predicted molar refractivity (Wildman–Crippen MR) is 112 cm³/mol. The zero-order chi connectivity index (χ0) is 20.7. The molecule has 5 rings (SSSR count). The number of ether oxygens (including phenoxy) is 2. The second kappa shape index (κ2) is 8.46. The average Bonchev–Trinajstić information content (AvgIpc) is 3.13. The van der Waals surface area contributed by atoms with Crippen molar-refractivity contribution in [3.8, 4) is 5.75 Å². The van der Waals surface area contributed by atoms with Gasteiger partial charge in [-0.25, -0.2) is 4.39 Å². The van der Waals surface area contributed by atoms with Crippen LogP contribution in [0.1, 0.15) is 44.2 Å². The molecule has 3 atom stereocenters. The van der Waals surface area contributed by atoms with Gasteiger partial charge < -0.3 is 14.4 Å². The Balaban J connectivity index is 1.41. The van der Waals surface area contributed by atoms with Gasteiger partial charge in [-0.3, -0.25) is 9.69 Å². The lowest BCUT2D eigenvalue weighted by Gasteiger charge is -2.37. The molecule has 0 aliphatic carbocycles. The molecule has 0 spiro atoms. The Morgan fingerprint density at radius 2 is 1.93 bits per heavy atom. The van der Waals surface area contributed by atoms with Gasteiger partial charge in [-0.2, -0.15) is 0 Å². The van der Waals surface area contributed by atoms with Crippen LogP contribution in [0.2, 0.25) is 0 Å². The van der Waals surface area contributed by atoms with Crippen molar-refractivity contribution >= 4 is 5.91 Å². The van der Waals surface area contributed by atoms with Gasteiger partial charge in [-0.05, 0) is 55.7 Å². The molecule has 1 amide bonds. The molecule has 164 valence electrons. The van der Waals surface area contributed by atoms with Gasteiger partial charge in [-0.15, -0.1) is 0 Å². The van der Waals surface area contributed by atoms with Gasteiger partial charge in [-0.1, -0.05) is 6.92 Å². The number of fused-ring (bicyclic) bond motifs is 3. The number of carbonyl (C=O) groups excluding carboxylic acids is 1.